The first-order valence-electron chi connectivity index (χ1n) is 10.2. The second-order valence-electron chi connectivity index (χ2n) is 6.78. The summed E-state index contributed by atoms with van der Waals surface area (Å²) in [5.41, 5.74) is 3.47. The molecule has 8 nitrogen and oxygen atoms in total. The molecule has 170 valence electrons. The summed E-state index contributed by atoms with van der Waals surface area (Å²) in [6.07, 6.45) is 2.34. The van der Waals surface area contributed by atoms with Gasteiger partial charge in [-0.3, -0.25) is 9.59 Å². The molecule has 0 spiro atoms. The number of nitrogens with one attached hydrogen (secondary N) is 2. The molecule has 1 aromatic heterocycles. The molecule has 2 amide bonds. The summed E-state index contributed by atoms with van der Waals surface area (Å²) in [4.78, 5) is 36.5. The van der Waals surface area contributed by atoms with Crippen LogP contribution in [0.15, 0.2) is 71.1 Å². The molecule has 3 aromatic rings. The van der Waals surface area contributed by atoms with Crippen LogP contribution in [0.4, 0.5) is 0 Å². The number of hydrazone groups is 1. The van der Waals surface area contributed by atoms with E-state index in [1.54, 1.807) is 66.0 Å². The van der Waals surface area contributed by atoms with Gasteiger partial charge in [0.1, 0.15) is 16.4 Å². The van der Waals surface area contributed by atoms with Crippen LogP contribution in [0, 0.1) is 0 Å². The number of nitrogens with zero attached hydrogens (tertiary/aromatic N) is 1. The Bertz CT molecular complexity index is 1090. The smallest absolute Gasteiger partial charge is 0.353 e. The Hall–Kier alpha value is -3.98. The molecule has 2 aromatic carbocycles. The molecule has 0 fully saturated rings. The quantitative estimate of drug-likeness (QED) is 0.206. The van der Waals surface area contributed by atoms with Gasteiger partial charge in [-0.1, -0.05) is 13.0 Å². The Balaban J connectivity index is 1.40. The van der Waals surface area contributed by atoms with Gasteiger partial charge >= 0.3 is 5.97 Å². The lowest BCUT2D eigenvalue weighted by atomic mass is 10.2. The number of hydrogen-bond donors (Lipinski definition) is 2. The molecular formula is C24H23N3O5S. The van der Waals surface area contributed by atoms with Crippen LogP contribution in [0.2, 0.25) is 0 Å². The molecule has 0 saturated carbocycles. The monoisotopic (exact) mass is 465 g/mol. The van der Waals surface area contributed by atoms with Gasteiger partial charge in [0.15, 0.2) is 0 Å². The minimum Gasteiger partial charge on any atom is -0.494 e. The topological polar surface area (TPSA) is 106 Å². The molecule has 1 heterocycles. The Morgan fingerprint density at radius 3 is 2.39 bits per heavy atom. The lowest BCUT2D eigenvalue weighted by molar-refractivity contribution is -0.120. The summed E-state index contributed by atoms with van der Waals surface area (Å²) in [7, 11) is 0. The van der Waals surface area contributed by atoms with Gasteiger partial charge in [-0.2, -0.15) is 5.10 Å². The first-order valence-corrected chi connectivity index (χ1v) is 11.1. The molecule has 0 aliphatic heterocycles. The molecular weight excluding hydrogens is 442 g/mol. The van der Waals surface area contributed by atoms with Crippen molar-refractivity contribution < 1.29 is 23.9 Å². The van der Waals surface area contributed by atoms with Gasteiger partial charge < -0.3 is 14.8 Å². The lowest BCUT2D eigenvalue weighted by Crippen LogP contribution is -2.34. The van der Waals surface area contributed by atoms with Crippen molar-refractivity contribution >= 4 is 35.3 Å². The number of thiophene rings is 1. The van der Waals surface area contributed by atoms with Crippen LogP contribution in [-0.2, 0) is 4.79 Å². The molecule has 0 bridgehead atoms. The maximum atomic E-state index is 12.1. The van der Waals surface area contributed by atoms with E-state index in [4.69, 9.17) is 9.47 Å². The molecule has 0 saturated heterocycles. The summed E-state index contributed by atoms with van der Waals surface area (Å²) >= 11 is 1.31. The third-order valence-electron chi connectivity index (χ3n) is 4.21. The van der Waals surface area contributed by atoms with Crippen LogP contribution in [0.3, 0.4) is 0 Å². The highest BCUT2D eigenvalue weighted by Crippen LogP contribution is 2.16. The van der Waals surface area contributed by atoms with Crippen molar-refractivity contribution in [1.29, 1.82) is 0 Å². The Labute approximate surface area is 195 Å². The normalized spacial score (nSPS) is 10.6. The van der Waals surface area contributed by atoms with Crippen molar-refractivity contribution in [2.24, 2.45) is 5.10 Å². The number of amides is 2. The fraction of sp³-hybridized carbons (Fsp3) is 0.167. The zero-order valence-electron chi connectivity index (χ0n) is 17.9. The molecule has 0 aliphatic carbocycles. The third-order valence-corrected chi connectivity index (χ3v) is 5.06. The van der Waals surface area contributed by atoms with Crippen LogP contribution in [0.1, 0.15) is 38.9 Å². The van der Waals surface area contributed by atoms with Crippen LogP contribution in [0.5, 0.6) is 11.5 Å². The van der Waals surface area contributed by atoms with E-state index in [0.717, 1.165) is 6.42 Å². The predicted molar refractivity (Wildman–Crippen MR) is 126 cm³/mol. The van der Waals surface area contributed by atoms with Gasteiger partial charge in [0, 0.05) is 5.56 Å². The molecule has 33 heavy (non-hydrogen) atoms. The van der Waals surface area contributed by atoms with E-state index >= 15 is 0 Å². The zero-order valence-corrected chi connectivity index (χ0v) is 18.8. The number of benzene rings is 2. The van der Waals surface area contributed by atoms with Crippen molar-refractivity contribution in [1.82, 2.24) is 10.7 Å². The molecule has 9 heteroatoms. The Morgan fingerprint density at radius 2 is 1.73 bits per heavy atom. The minimum atomic E-state index is -0.469. The predicted octanol–water partition coefficient (Wildman–Crippen LogP) is 3.64. The maximum absolute atomic E-state index is 12.1. The van der Waals surface area contributed by atoms with Gasteiger partial charge in [0.25, 0.3) is 11.8 Å². The summed E-state index contributed by atoms with van der Waals surface area (Å²) in [5, 5.41) is 8.20. The van der Waals surface area contributed by atoms with Crippen molar-refractivity contribution in [3.8, 4) is 11.5 Å². The van der Waals surface area contributed by atoms with E-state index in [9.17, 15) is 14.4 Å². The first kappa shape index (κ1) is 23.7. The number of carbonyl (C=O) groups is 3. The summed E-state index contributed by atoms with van der Waals surface area (Å²) in [6, 6.07) is 16.8. The van der Waals surface area contributed by atoms with Gasteiger partial charge in [-0.15, -0.1) is 11.3 Å². The van der Waals surface area contributed by atoms with Gasteiger partial charge in [0.05, 0.1) is 19.4 Å². The number of hydrogen-bond acceptors (Lipinski definition) is 7. The average Bonchev–Trinajstić information content (AvgIpc) is 3.38. The zero-order chi connectivity index (χ0) is 23.5. The molecule has 0 atom stereocenters. The summed E-state index contributed by atoms with van der Waals surface area (Å²) in [6.45, 7) is 2.40. The van der Waals surface area contributed by atoms with Crippen molar-refractivity contribution in [3.63, 3.8) is 0 Å². The van der Waals surface area contributed by atoms with Gasteiger partial charge in [-0.25, -0.2) is 10.2 Å². The second-order valence-corrected chi connectivity index (χ2v) is 7.73. The van der Waals surface area contributed by atoms with E-state index in [-0.39, 0.29) is 12.5 Å². The second kappa shape index (κ2) is 12.2. The maximum Gasteiger partial charge on any atom is 0.353 e. The summed E-state index contributed by atoms with van der Waals surface area (Å²) in [5.74, 6) is -0.161. The van der Waals surface area contributed by atoms with Crippen molar-refractivity contribution in [3.05, 3.63) is 82.0 Å². The van der Waals surface area contributed by atoms with Crippen molar-refractivity contribution in [2.45, 2.75) is 13.3 Å². The van der Waals surface area contributed by atoms with Crippen LogP contribution < -0.4 is 20.2 Å². The number of rotatable bonds is 10. The van der Waals surface area contributed by atoms with Crippen LogP contribution >= 0.6 is 11.3 Å². The van der Waals surface area contributed by atoms with Gasteiger partial charge in [0.2, 0.25) is 0 Å². The SMILES string of the molecule is CCCOc1ccc(C(=O)NCC(=O)N/N=C\c2ccc(OC(=O)c3cccs3)cc2)cc1. The Morgan fingerprint density at radius 1 is 1.00 bits per heavy atom. The first-order chi connectivity index (χ1) is 16.0. The highest BCUT2D eigenvalue weighted by molar-refractivity contribution is 7.12. The minimum absolute atomic E-state index is 0.220. The van der Waals surface area contributed by atoms with Crippen LogP contribution in [-0.4, -0.2) is 37.1 Å². The van der Waals surface area contributed by atoms with Crippen LogP contribution in [0.25, 0.3) is 0 Å². The Kier molecular flexibility index (Phi) is 8.72. The molecule has 3 rings (SSSR count). The highest BCUT2D eigenvalue weighted by atomic mass is 32.1. The molecule has 0 aliphatic rings. The van der Waals surface area contributed by atoms with E-state index in [0.29, 0.717) is 34.1 Å². The fourth-order valence-corrected chi connectivity index (χ4v) is 3.18. The lowest BCUT2D eigenvalue weighted by Gasteiger charge is -2.07. The van der Waals surface area contributed by atoms with E-state index in [2.05, 4.69) is 15.8 Å². The third kappa shape index (κ3) is 7.58. The van der Waals surface area contributed by atoms with E-state index in [1.165, 1.54) is 17.6 Å². The largest absolute Gasteiger partial charge is 0.494 e. The standard InChI is InChI=1S/C24H23N3O5S/c1-2-13-31-19-11-7-18(8-12-19)23(29)25-16-22(28)27-26-15-17-5-9-20(10-6-17)32-24(30)21-4-3-14-33-21/h3-12,14-15H,2,13,16H2,1H3,(H,25,29)(H,27,28)/b26-15-. The highest BCUT2D eigenvalue weighted by Gasteiger charge is 2.09. The van der Waals surface area contributed by atoms with E-state index < -0.39 is 11.9 Å². The molecule has 0 unspecified atom stereocenters. The fourth-order valence-electron chi connectivity index (χ4n) is 2.58. The van der Waals surface area contributed by atoms with Crippen molar-refractivity contribution in [2.75, 3.05) is 13.2 Å². The number of ether oxygens (including phenoxy) is 2. The number of esters is 1. The average molecular weight is 466 g/mol. The van der Waals surface area contributed by atoms with E-state index in [1.807, 2.05) is 6.92 Å². The molecule has 0 radical (unpaired) electrons. The summed E-state index contributed by atoms with van der Waals surface area (Å²) < 4.78 is 10.8. The molecule has 2 N–H and O–H groups in total. The number of carbonyl (C=O) groups excluding carboxylic acids is 3. The van der Waals surface area contributed by atoms with Gasteiger partial charge in [-0.05, 0) is 72.0 Å².